The first-order chi connectivity index (χ1) is 11.6. The van der Waals surface area contributed by atoms with E-state index in [2.05, 4.69) is 20.2 Å². The van der Waals surface area contributed by atoms with Crippen molar-refractivity contribution in [2.45, 2.75) is 18.9 Å². The fourth-order valence-electron chi connectivity index (χ4n) is 2.09. The van der Waals surface area contributed by atoms with Crippen LogP contribution in [-0.2, 0) is 0 Å². The van der Waals surface area contributed by atoms with Crippen LogP contribution in [0.2, 0.25) is 0 Å². The monoisotopic (exact) mass is 351 g/mol. The summed E-state index contributed by atoms with van der Waals surface area (Å²) in [5, 5.41) is 16.9. The van der Waals surface area contributed by atoms with E-state index >= 15 is 0 Å². The van der Waals surface area contributed by atoms with Gasteiger partial charge in [0.15, 0.2) is 0 Å². The molecule has 1 atom stereocenters. The van der Waals surface area contributed by atoms with E-state index in [4.69, 9.17) is 10.8 Å². The van der Waals surface area contributed by atoms with Crippen LogP contribution < -0.4 is 16.4 Å². The summed E-state index contributed by atoms with van der Waals surface area (Å²) < 4.78 is 4.19. The number of hydrogen-bond donors (Lipinski definition) is 4. The van der Waals surface area contributed by atoms with Crippen molar-refractivity contribution >= 4 is 34.0 Å². The summed E-state index contributed by atoms with van der Waals surface area (Å²) in [5.74, 6) is -0.714. The SMILES string of the molecule is NC(=O)c1c(C2=CCC(N=O)C=C2)nsc1NC(=O)NCCCO. The molecule has 0 saturated carbocycles. The third kappa shape index (κ3) is 4.24. The highest BCUT2D eigenvalue weighted by Gasteiger charge is 2.23. The molecule has 1 aromatic heterocycles. The molecule has 1 aromatic rings. The number of aromatic nitrogens is 1. The van der Waals surface area contributed by atoms with Gasteiger partial charge in [0.05, 0.1) is 5.69 Å². The Balaban J connectivity index is 2.17. The molecule has 128 valence electrons. The summed E-state index contributed by atoms with van der Waals surface area (Å²) in [7, 11) is 0. The van der Waals surface area contributed by atoms with Crippen LogP contribution in [0.25, 0.3) is 5.57 Å². The van der Waals surface area contributed by atoms with Crippen LogP contribution in [0.3, 0.4) is 0 Å². The number of allylic oxidation sites excluding steroid dienone is 2. The second-order valence-corrected chi connectivity index (χ2v) is 5.76. The number of primary amides is 1. The van der Waals surface area contributed by atoms with E-state index in [0.717, 1.165) is 11.5 Å². The van der Waals surface area contributed by atoms with Crippen molar-refractivity contribution in [3.8, 4) is 0 Å². The molecule has 0 saturated heterocycles. The molecule has 1 heterocycles. The van der Waals surface area contributed by atoms with Crippen LogP contribution >= 0.6 is 11.5 Å². The lowest BCUT2D eigenvalue weighted by Gasteiger charge is -2.10. The van der Waals surface area contributed by atoms with Gasteiger partial charge in [-0.3, -0.25) is 10.1 Å². The van der Waals surface area contributed by atoms with Crippen LogP contribution in [0.15, 0.2) is 23.4 Å². The number of hydrogen-bond acceptors (Lipinski definition) is 7. The Labute approximate surface area is 141 Å². The number of nitrogens with zero attached hydrogens (tertiary/aromatic N) is 2. The van der Waals surface area contributed by atoms with Gasteiger partial charge in [0.1, 0.15) is 16.6 Å². The Kier molecular flexibility index (Phi) is 6.15. The first-order valence-corrected chi connectivity index (χ1v) is 8.00. The quantitative estimate of drug-likeness (QED) is 0.431. The Morgan fingerprint density at radius 2 is 2.29 bits per heavy atom. The summed E-state index contributed by atoms with van der Waals surface area (Å²) >= 11 is 0.940. The van der Waals surface area contributed by atoms with Gasteiger partial charge in [-0.2, -0.15) is 9.28 Å². The number of amides is 3. The Hall–Kier alpha value is -2.59. The van der Waals surface area contributed by atoms with Crippen molar-refractivity contribution in [2.24, 2.45) is 10.9 Å². The van der Waals surface area contributed by atoms with Crippen molar-refractivity contribution in [1.29, 1.82) is 0 Å². The van der Waals surface area contributed by atoms with Crippen LogP contribution in [0.5, 0.6) is 0 Å². The maximum absolute atomic E-state index is 11.8. The number of anilines is 1. The second kappa shape index (κ2) is 8.31. The second-order valence-electron chi connectivity index (χ2n) is 4.98. The molecule has 1 unspecified atom stereocenters. The van der Waals surface area contributed by atoms with Gasteiger partial charge in [0.2, 0.25) is 0 Å². The maximum Gasteiger partial charge on any atom is 0.319 e. The fraction of sp³-hybridized carbons (Fsp3) is 0.357. The largest absolute Gasteiger partial charge is 0.396 e. The molecule has 2 rings (SSSR count). The standard InChI is InChI=1S/C14H17N5O4S/c15-12(21)10-11(8-2-4-9(18-23)5-3-8)19-24-13(10)17-14(22)16-6-1-7-20/h2-4,9,20H,1,5-7H2,(H2,15,21)(H2,16,17,22). The highest BCUT2D eigenvalue weighted by molar-refractivity contribution is 7.11. The number of nitrogens with one attached hydrogen (secondary N) is 2. The third-order valence-corrected chi connectivity index (χ3v) is 4.03. The Morgan fingerprint density at radius 1 is 1.50 bits per heavy atom. The first kappa shape index (κ1) is 17.8. The minimum Gasteiger partial charge on any atom is -0.396 e. The number of nitrogens with two attached hydrogens (primary N) is 1. The molecule has 10 heteroatoms. The Morgan fingerprint density at radius 3 is 2.88 bits per heavy atom. The lowest BCUT2D eigenvalue weighted by Crippen LogP contribution is -2.30. The van der Waals surface area contributed by atoms with Crippen molar-refractivity contribution in [1.82, 2.24) is 9.69 Å². The minimum absolute atomic E-state index is 0.0331. The number of aliphatic hydroxyl groups is 1. The van der Waals surface area contributed by atoms with Crippen LogP contribution in [-0.4, -0.2) is 40.6 Å². The normalized spacial score (nSPS) is 16.4. The van der Waals surface area contributed by atoms with E-state index in [0.29, 0.717) is 30.7 Å². The predicted octanol–water partition coefficient (Wildman–Crippen LogP) is 1.22. The maximum atomic E-state index is 11.8. The average Bonchev–Trinajstić information content (AvgIpc) is 2.99. The van der Waals surface area contributed by atoms with Gasteiger partial charge >= 0.3 is 6.03 Å². The number of carbonyl (C=O) groups excluding carboxylic acids is 2. The zero-order valence-electron chi connectivity index (χ0n) is 12.7. The summed E-state index contributed by atoms with van der Waals surface area (Å²) in [6.45, 7) is 0.266. The first-order valence-electron chi connectivity index (χ1n) is 7.23. The van der Waals surface area contributed by atoms with E-state index in [9.17, 15) is 14.5 Å². The van der Waals surface area contributed by atoms with Crippen molar-refractivity contribution < 1.29 is 14.7 Å². The molecule has 0 radical (unpaired) electrons. The molecule has 0 aliphatic heterocycles. The molecule has 0 bridgehead atoms. The highest BCUT2D eigenvalue weighted by Crippen LogP contribution is 2.32. The van der Waals surface area contributed by atoms with Gasteiger partial charge in [-0.15, -0.1) is 0 Å². The average molecular weight is 351 g/mol. The summed E-state index contributed by atoms with van der Waals surface area (Å²) in [4.78, 5) is 34.1. The zero-order valence-corrected chi connectivity index (χ0v) is 13.5. The smallest absolute Gasteiger partial charge is 0.319 e. The van der Waals surface area contributed by atoms with Crippen molar-refractivity contribution in [3.05, 3.63) is 34.4 Å². The molecule has 0 fully saturated rings. The van der Waals surface area contributed by atoms with Crippen LogP contribution in [0.1, 0.15) is 28.9 Å². The van der Waals surface area contributed by atoms with Gasteiger partial charge in [0.25, 0.3) is 5.91 Å². The molecule has 9 nitrogen and oxygen atoms in total. The molecule has 0 spiro atoms. The molecule has 1 aliphatic rings. The molecule has 0 aromatic carbocycles. The van der Waals surface area contributed by atoms with E-state index in [1.165, 1.54) is 0 Å². The van der Waals surface area contributed by atoms with E-state index < -0.39 is 18.0 Å². The van der Waals surface area contributed by atoms with Gasteiger partial charge in [-0.05, 0) is 29.9 Å². The van der Waals surface area contributed by atoms with Crippen LogP contribution in [0, 0.1) is 4.91 Å². The number of rotatable bonds is 7. The summed E-state index contributed by atoms with van der Waals surface area (Å²) in [5.41, 5.74) is 6.54. The molecular weight excluding hydrogens is 334 g/mol. The molecule has 5 N–H and O–H groups in total. The Bertz CT molecular complexity index is 697. The zero-order chi connectivity index (χ0) is 17.5. The van der Waals surface area contributed by atoms with Gasteiger partial charge in [-0.1, -0.05) is 23.4 Å². The fourth-order valence-corrected chi connectivity index (χ4v) is 2.90. The summed E-state index contributed by atoms with van der Waals surface area (Å²) in [6.07, 6.45) is 5.87. The number of urea groups is 1. The lowest BCUT2D eigenvalue weighted by molar-refractivity contribution is 0.100. The van der Waals surface area contributed by atoms with Crippen molar-refractivity contribution in [3.63, 3.8) is 0 Å². The third-order valence-electron chi connectivity index (χ3n) is 3.27. The van der Waals surface area contributed by atoms with Gasteiger partial charge in [0, 0.05) is 13.2 Å². The number of carbonyl (C=O) groups is 2. The molecule has 1 aliphatic carbocycles. The summed E-state index contributed by atoms with van der Waals surface area (Å²) in [6, 6.07) is -0.946. The van der Waals surface area contributed by atoms with E-state index in [1.54, 1.807) is 18.2 Å². The van der Waals surface area contributed by atoms with Crippen molar-refractivity contribution in [2.75, 3.05) is 18.5 Å². The number of nitroso groups, excluding NO2 is 1. The number of aliphatic hydroxyl groups excluding tert-OH is 1. The van der Waals surface area contributed by atoms with Gasteiger partial charge in [-0.25, -0.2) is 4.79 Å². The highest BCUT2D eigenvalue weighted by atomic mass is 32.1. The molecule has 3 amide bonds. The van der Waals surface area contributed by atoms with E-state index in [-0.39, 0.29) is 17.2 Å². The lowest BCUT2D eigenvalue weighted by atomic mass is 9.99. The predicted molar refractivity (Wildman–Crippen MR) is 90.7 cm³/mol. The molecular formula is C14H17N5O4S. The topological polar surface area (TPSA) is 147 Å². The van der Waals surface area contributed by atoms with Gasteiger partial charge < -0.3 is 16.2 Å². The molecule has 24 heavy (non-hydrogen) atoms. The van der Waals surface area contributed by atoms with E-state index in [1.807, 2.05) is 0 Å². The minimum atomic E-state index is -0.714. The van der Waals surface area contributed by atoms with Crippen LogP contribution in [0.4, 0.5) is 9.80 Å².